The number of carboxylic acids is 1. The van der Waals surface area contributed by atoms with Crippen LogP contribution in [0.15, 0.2) is 84.9 Å². The van der Waals surface area contributed by atoms with Crippen LogP contribution < -0.4 is 60.3 Å². The van der Waals surface area contributed by atoms with E-state index in [1.807, 2.05) is 62.4 Å². The van der Waals surface area contributed by atoms with Crippen LogP contribution in [0, 0.1) is 0 Å². The van der Waals surface area contributed by atoms with Crippen molar-refractivity contribution < 1.29 is 95.5 Å². The van der Waals surface area contributed by atoms with Crippen molar-refractivity contribution >= 4 is 70.9 Å². The summed E-state index contributed by atoms with van der Waals surface area (Å²) in [6.45, 7) is 18.9. The van der Waals surface area contributed by atoms with Gasteiger partial charge >= 0.3 is 35.9 Å². The maximum absolute atomic E-state index is 13.6. The standard InChI is InChI=1S/C35H46N6O10.C34H44N6O10/c1-6-48-34-40-32-36-22-23-7-10-25(11-8-23)49-19-17-46-15-16-47-18-20-50-28-21-24(37-33(39-32)41-34)9-12-26(28)30(43)38-27(31(44)45-5)13-14-29(42)51-35(2,3)4;1-5-47-33-39-31-35-21-22-6-9-24(10-7-22)48-18-16-45-14-15-46-17-19-49-27-20-23(36-32(38-31)40-33)8-11-25(27)29(42)37-26(30(43)44)12-13-28(41)50-34(2,3)4/h7-12,21,27H,6,13-20,22H2,1-5H3,(H,38,43)(H2,36,37,39,40,41);6-11,20,26H,5,12-19,21H2,1-4H3,(H,37,42)(H,43,44)(H2,35,36,38,39,40)/t27-;26-/m00/s1. The van der Waals surface area contributed by atoms with Gasteiger partial charge in [-0.15, -0.1) is 0 Å². The summed E-state index contributed by atoms with van der Waals surface area (Å²) < 4.78 is 72.6. The molecule has 2 atom stereocenters. The van der Waals surface area contributed by atoms with Crippen molar-refractivity contribution in [2.45, 2.75) is 117 Å². The SMILES string of the molecule is CCOc1nc2nc(n1)Nc1ccc(C(=O)N[C@@H](CCC(=O)OC(C)(C)C)C(=O)O)c(c1)OCCOCCOCCOc1ccc(cc1)CN2.CCOc1nc2nc(n1)Nc1ccc(C(=O)N[C@@H](CCC(=O)OC(C)(C)C)C(=O)OC)c(c1)OCCOCCOCCOc1ccc(cc1)CN2. The number of aromatic nitrogens is 6. The monoisotopic (exact) mass is 1410 g/mol. The number of carboxylic acid groups (broad SMARTS) is 1. The van der Waals surface area contributed by atoms with Crippen LogP contribution in [-0.4, -0.2) is 194 Å². The van der Waals surface area contributed by atoms with Crippen LogP contribution in [0.25, 0.3) is 0 Å². The Morgan fingerprint density at radius 3 is 1.23 bits per heavy atom. The summed E-state index contributed by atoms with van der Waals surface area (Å²) in [6.07, 6.45) is -0.519. The number of carbonyl (C=O) groups excluding carboxylic acids is 5. The van der Waals surface area contributed by atoms with Gasteiger partial charge in [-0.2, -0.15) is 29.9 Å². The molecule has 0 spiro atoms. The van der Waals surface area contributed by atoms with Crippen molar-refractivity contribution in [3.05, 3.63) is 107 Å². The molecule has 0 aliphatic carbocycles. The van der Waals surface area contributed by atoms with Gasteiger partial charge in [0, 0.05) is 49.4 Å². The molecule has 10 rings (SSSR count). The maximum Gasteiger partial charge on any atom is 0.328 e. The van der Waals surface area contributed by atoms with Crippen LogP contribution >= 0.6 is 0 Å². The van der Waals surface area contributed by atoms with Crippen molar-refractivity contribution in [1.29, 1.82) is 0 Å². The first-order chi connectivity index (χ1) is 48.5. The third-order valence-corrected chi connectivity index (χ3v) is 13.7. The predicted octanol–water partition coefficient (Wildman–Crippen LogP) is 7.56. The van der Waals surface area contributed by atoms with Gasteiger partial charge in [-0.05, 0) is 128 Å². The highest BCUT2D eigenvalue weighted by molar-refractivity contribution is 6.00. The normalized spacial score (nSPS) is 14.7. The Bertz CT molecular complexity index is 3650. The van der Waals surface area contributed by atoms with Gasteiger partial charge < -0.3 is 98.6 Å². The number of hydrogen-bond donors (Lipinski definition) is 7. The summed E-state index contributed by atoms with van der Waals surface area (Å²) >= 11 is 0. The molecule has 4 aliphatic rings. The van der Waals surface area contributed by atoms with Gasteiger partial charge in [0.25, 0.3) is 11.8 Å². The molecule has 12 bridgehead atoms. The number of rotatable bonds is 16. The number of fused-ring (bicyclic) bond motifs is 24. The Balaban J connectivity index is 0.000000283. The van der Waals surface area contributed by atoms with Gasteiger partial charge in [0.15, 0.2) is 0 Å². The van der Waals surface area contributed by atoms with Crippen molar-refractivity contribution in [2.24, 2.45) is 0 Å². The quantitative estimate of drug-likeness (QED) is 0.0279. The number of nitrogens with zero attached hydrogens (tertiary/aromatic N) is 6. The van der Waals surface area contributed by atoms with E-state index in [1.54, 1.807) is 65.8 Å². The zero-order valence-electron chi connectivity index (χ0n) is 58.3. The number of anilines is 6. The number of carbonyl (C=O) groups is 6. The molecule has 0 saturated carbocycles. The summed E-state index contributed by atoms with van der Waals surface area (Å²) in [4.78, 5) is 103. The molecule has 2 amide bonds. The van der Waals surface area contributed by atoms with Crippen LogP contribution in [0.3, 0.4) is 0 Å². The number of esters is 3. The fraction of sp³-hybridized carbons (Fsp3) is 0.478. The van der Waals surface area contributed by atoms with Gasteiger partial charge in [-0.3, -0.25) is 19.2 Å². The van der Waals surface area contributed by atoms with E-state index in [2.05, 4.69) is 61.8 Å². The Morgan fingerprint density at radius 2 is 0.851 bits per heavy atom. The molecule has 0 saturated heterocycles. The number of methoxy groups -OCH3 is 1. The lowest BCUT2D eigenvalue weighted by atomic mass is 10.1. The van der Waals surface area contributed by atoms with E-state index in [-0.39, 0.29) is 111 Å². The first kappa shape index (κ1) is 77.9. The second-order valence-electron chi connectivity index (χ2n) is 24.1. The van der Waals surface area contributed by atoms with Crippen LogP contribution in [0.2, 0.25) is 0 Å². The zero-order chi connectivity index (χ0) is 72.6. The molecule has 6 heterocycles. The molecule has 0 fully saturated rings. The molecule has 0 unspecified atom stereocenters. The molecule has 4 aromatic carbocycles. The molecule has 101 heavy (non-hydrogen) atoms. The minimum Gasteiger partial charge on any atom is -0.491 e. The average molecular weight is 1410 g/mol. The van der Waals surface area contributed by atoms with E-state index >= 15 is 0 Å². The largest absolute Gasteiger partial charge is 0.491 e. The van der Waals surface area contributed by atoms with Crippen LogP contribution in [0.4, 0.5) is 35.2 Å². The van der Waals surface area contributed by atoms with Crippen LogP contribution in [0.5, 0.6) is 35.0 Å². The summed E-state index contributed by atoms with van der Waals surface area (Å²) in [7, 11) is 1.20. The second-order valence-corrected chi connectivity index (χ2v) is 24.1. The summed E-state index contributed by atoms with van der Waals surface area (Å²) in [5.41, 5.74) is 1.64. The van der Waals surface area contributed by atoms with Crippen molar-refractivity contribution in [1.82, 2.24) is 40.5 Å². The average Bonchev–Trinajstić information content (AvgIpc) is 0.868. The highest BCUT2D eigenvalue weighted by Crippen LogP contribution is 2.29. The van der Waals surface area contributed by atoms with E-state index in [0.29, 0.717) is 96.3 Å². The Morgan fingerprint density at radius 1 is 0.485 bits per heavy atom. The first-order valence-corrected chi connectivity index (χ1v) is 33.0. The predicted molar refractivity (Wildman–Crippen MR) is 367 cm³/mol. The molecule has 546 valence electrons. The molecule has 32 heteroatoms. The smallest absolute Gasteiger partial charge is 0.328 e. The Hall–Kier alpha value is -10.4. The zero-order valence-corrected chi connectivity index (χ0v) is 58.3. The molecular formula is C69H90N12O20. The number of benzene rings is 4. The molecule has 6 aromatic rings. The van der Waals surface area contributed by atoms with E-state index < -0.39 is 59.0 Å². The molecule has 32 nitrogen and oxygen atoms in total. The van der Waals surface area contributed by atoms with Gasteiger partial charge in [-0.25, -0.2) is 9.59 Å². The van der Waals surface area contributed by atoms with Gasteiger partial charge in [0.2, 0.25) is 23.8 Å². The molecule has 7 N–H and O–H groups in total. The van der Waals surface area contributed by atoms with Crippen molar-refractivity contribution in [2.75, 3.05) is 121 Å². The lowest BCUT2D eigenvalue weighted by Crippen LogP contribution is -2.42. The number of ether oxygens (including phenoxy) is 13. The number of nitrogens with one attached hydrogen (secondary N) is 6. The van der Waals surface area contributed by atoms with Crippen molar-refractivity contribution in [3.63, 3.8) is 0 Å². The Kier molecular flexibility index (Phi) is 30.8. The Labute approximate surface area is 585 Å². The summed E-state index contributed by atoms with van der Waals surface area (Å²) in [6, 6.07) is 22.3. The van der Waals surface area contributed by atoms with E-state index in [4.69, 9.17) is 61.6 Å². The van der Waals surface area contributed by atoms with Crippen LogP contribution in [-0.2, 0) is 65.4 Å². The van der Waals surface area contributed by atoms with E-state index in [1.165, 1.54) is 19.2 Å². The highest BCUT2D eigenvalue weighted by atomic mass is 16.6. The molecular weight excluding hydrogens is 1320 g/mol. The highest BCUT2D eigenvalue weighted by Gasteiger charge is 2.29. The molecule has 2 aromatic heterocycles. The third-order valence-electron chi connectivity index (χ3n) is 13.7. The fourth-order valence-electron chi connectivity index (χ4n) is 9.14. The van der Waals surface area contributed by atoms with Gasteiger partial charge in [0.05, 0.1) is 84.3 Å². The minimum absolute atomic E-state index is 0.0334. The lowest BCUT2D eigenvalue weighted by Gasteiger charge is -2.21. The fourth-order valence-corrected chi connectivity index (χ4v) is 9.14. The molecule has 0 radical (unpaired) electrons. The van der Waals surface area contributed by atoms with Crippen LogP contribution in [0.1, 0.15) is 113 Å². The number of aliphatic carboxylic acids is 1. The first-order valence-electron chi connectivity index (χ1n) is 33.0. The van der Waals surface area contributed by atoms with Crippen molar-refractivity contribution in [3.8, 4) is 35.0 Å². The van der Waals surface area contributed by atoms with E-state index in [0.717, 1.165) is 16.9 Å². The number of hydrogen-bond acceptors (Lipinski definition) is 29. The minimum atomic E-state index is -1.36. The lowest BCUT2D eigenvalue weighted by molar-refractivity contribution is -0.156. The maximum atomic E-state index is 13.6. The topological polar surface area (TPSA) is 392 Å². The third kappa shape index (κ3) is 28.4. The van der Waals surface area contributed by atoms with E-state index in [9.17, 15) is 33.9 Å². The summed E-state index contributed by atoms with van der Waals surface area (Å²) in [5.74, 6) is -1.80. The van der Waals surface area contributed by atoms with Gasteiger partial charge in [-0.1, -0.05) is 24.3 Å². The number of amides is 2. The molecule has 4 aliphatic heterocycles. The second kappa shape index (κ2) is 40.0. The van der Waals surface area contributed by atoms with Gasteiger partial charge in [0.1, 0.15) is 72.7 Å². The summed E-state index contributed by atoms with van der Waals surface area (Å²) in [5, 5.41) is 27.5.